The summed E-state index contributed by atoms with van der Waals surface area (Å²) < 4.78 is 63.5. The van der Waals surface area contributed by atoms with E-state index < -0.39 is 36.3 Å². The molecule has 2 aliphatic heterocycles. The maximum Gasteiger partial charge on any atom is 0.490 e. The van der Waals surface area contributed by atoms with Crippen LogP contribution in [0.4, 0.5) is 32.0 Å². The van der Waals surface area contributed by atoms with Crippen molar-refractivity contribution in [1.29, 1.82) is 5.41 Å². The van der Waals surface area contributed by atoms with Crippen LogP contribution in [0.25, 0.3) is 0 Å². The molecule has 0 radical (unpaired) electrons. The van der Waals surface area contributed by atoms with Gasteiger partial charge in [0.2, 0.25) is 5.91 Å². The van der Waals surface area contributed by atoms with Crippen LogP contribution in [0.2, 0.25) is 0 Å². The van der Waals surface area contributed by atoms with Crippen molar-refractivity contribution in [3.8, 4) is 0 Å². The second-order valence-corrected chi connectivity index (χ2v) is 11.2. The first-order valence-corrected chi connectivity index (χ1v) is 13.9. The average molecular weight is 690 g/mol. The molecule has 19 heteroatoms. The van der Waals surface area contributed by atoms with Crippen molar-refractivity contribution in [2.45, 2.75) is 37.7 Å². The molecule has 13 nitrogen and oxygen atoms in total. The molecule has 0 unspecified atom stereocenters. The Balaban J connectivity index is 0.000000376. The molecule has 0 bridgehead atoms. The number of benzene rings is 2. The van der Waals surface area contributed by atoms with Gasteiger partial charge in [-0.25, -0.2) is 14.4 Å². The van der Waals surface area contributed by atoms with E-state index in [9.17, 15) is 40.7 Å². The molecule has 2 heterocycles. The number of anilines is 1. The standard InChI is InChI=1S/C25H27N5O4.2C2HF3O2/c26-24(27)29-13-25(14-29)11-17(12-25)22(32)30-10-9-15-3-1-2-4-19(15)20(30)21(31)28-18-7-5-16(6-8-18)23(33)34;2*3-2(4,5)1(6)7/h1-8,17,20H,9-14H2,(H3,26,27)(H,28,31)(H,33,34);2*(H,6,7)/t20-;;/m0../s1. The van der Waals surface area contributed by atoms with Crippen molar-refractivity contribution in [3.63, 3.8) is 0 Å². The number of hydrogen-bond donors (Lipinski definition) is 6. The predicted octanol–water partition coefficient (Wildman–Crippen LogP) is 3.32. The summed E-state index contributed by atoms with van der Waals surface area (Å²) in [4.78, 5) is 59.4. The highest BCUT2D eigenvalue weighted by Gasteiger charge is 2.56. The van der Waals surface area contributed by atoms with E-state index in [1.54, 1.807) is 17.0 Å². The largest absolute Gasteiger partial charge is 0.490 e. The van der Waals surface area contributed by atoms with E-state index in [1.807, 2.05) is 29.2 Å². The lowest BCUT2D eigenvalue weighted by Crippen LogP contribution is -2.66. The number of nitrogens with two attached hydrogens (primary N) is 1. The quantitative estimate of drug-likeness (QED) is 0.156. The Morgan fingerprint density at radius 2 is 1.35 bits per heavy atom. The van der Waals surface area contributed by atoms with Gasteiger partial charge in [-0.15, -0.1) is 0 Å². The number of rotatable bonds is 4. The topological polar surface area (TPSA) is 214 Å². The molecule has 3 aliphatic rings. The van der Waals surface area contributed by atoms with Crippen LogP contribution in [-0.2, 0) is 25.6 Å². The molecule has 48 heavy (non-hydrogen) atoms. The van der Waals surface area contributed by atoms with Gasteiger partial charge in [0.05, 0.1) is 5.56 Å². The van der Waals surface area contributed by atoms with E-state index in [-0.39, 0.29) is 34.7 Å². The Hall–Kier alpha value is -5.36. The van der Waals surface area contributed by atoms with E-state index in [2.05, 4.69) is 5.32 Å². The highest BCUT2D eigenvalue weighted by molar-refractivity contribution is 5.99. The van der Waals surface area contributed by atoms with Crippen LogP contribution in [0.15, 0.2) is 48.5 Å². The lowest BCUT2D eigenvalue weighted by molar-refractivity contribution is -0.193. The number of aliphatic carboxylic acids is 2. The van der Waals surface area contributed by atoms with Crippen molar-refractivity contribution in [1.82, 2.24) is 9.80 Å². The zero-order valence-electron chi connectivity index (χ0n) is 24.6. The number of halogens is 6. The van der Waals surface area contributed by atoms with Gasteiger partial charge in [-0.05, 0) is 54.7 Å². The Morgan fingerprint density at radius 3 is 1.81 bits per heavy atom. The highest BCUT2D eigenvalue weighted by atomic mass is 19.4. The Morgan fingerprint density at radius 1 is 0.854 bits per heavy atom. The lowest BCUT2D eigenvalue weighted by Gasteiger charge is -2.59. The third-order valence-corrected chi connectivity index (χ3v) is 7.80. The van der Waals surface area contributed by atoms with Gasteiger partial charge in [-0.2, -0.15) is 26.3 Å². The van der Waals surface area contributed by atoms with Crippen molar-refractivity contribution in [2.24, 2.45) is 17.1 Å². The summed E-state index contributed by atoms with van der Waals surface area (Å²) in [7, 11) is 0. The van der Waals surface area contributed by atoms with Gasteiger partial charge < -0.3 is 36.2 Å². The van der Waals surface area contributed by atoms with E-state index in [1.165, 1.54) is 12.1 Å². The Bertz CT molecular complexity index is 1540. The normalized spacial score (nSPS) is 17.9. The van der Waals surface area contributed by atoms with E-state index >= 15 is 0 Å². The highest BCUT2D eigenvalue weighted by Crippen LogP contribution is 2.53. The number of nitrogens with zero attached hydrogens (tertiary/aromatic N) is 2. The third kappa shape index (κ3) is 8.91. The summed E-state index contributed by atoms with van der Waals surface area (Å²) in [5.41, 5.74) is 8.10. The van der Waals surface area contributed by atoms with E-state index in [4.69, 9.17) is 36.1 Å². The molecule has 1 aliphatic carbocycles. The first-order chi connectivity index (χ1) is 22.1. The molecule has 2 aromatic rings. The number of guanidine groups is 1. The molecular weight excluding hydrogens is 660 g/mol. The van der Waals surface area contributed by atoms with Crippen LogP contribution in [-0.4, -0.2) is 92.8 Å². The molecule has 0 aromatic heterocycles. The number of fused-ring (bicyclic) bond motifs is 1. The predicted molar refractivity (Wildman–Crippen MR) is 153 cm³/mol. The van der Waals surface area contributed by atoms with Gasteiger partial charge in [0.15, 0.2) is 5.96 Å². The van der Waals surface area contributed by atoms with Gasteiger partial charge in [-0.3, -0.25) is 15.0 Å². The van der Waals surface area contributed by atoms with E-state index in [0.717, 1.165) is 24.0 Å². The fraction of sp³-hybridized carbons (Fsp3) is 0.379. The molecule has 1 saturated heterocycles. The number of carbonyl (C=O) groups excluding carboxylic acids is 2. The minimum Gasteiger partial charge on any atom is -0.478 e. The molecule has 2 aromatic carbocycles. The van der Waals surface area contributed by atoms with Crippen molar-refractivity contribution < 1.29 is 65.6 Å². The molecular formula is C29H29F6N5O8. The number of carboxylic acids is 3. The van der Waals surface area contributed by atoms with Crippen LogP contribution in [0, 0.1) is 16.7 Å². The molecule has 1 spiro atoms. The number of carboxylic acid groups (broad SMARTS) is 3. The van der Waals surface area contributed by atoms with Gasteiger partial charge in [0.1, 0.15) is 6.04 Å². The van der Waals surface area contributed by atoms with Gasteiger partial charge >= 0.3 is 30.3 Å². The lowest BCUT2D eigenvalue weighted by atomic mass is 9.57. The van der Waals surface area contributed by atoms with Crippen LogP contribution < -0.4 is 11.1 Å². The monoisotopic (exact) mass is 689 g/mol. The van der Waals surface area contributed by atoms with Crippen LogP contribution in [0.1, 0.15) is 40.4 Å². The second kappa shape index (κ2) is 14.2. The first-order valence-electron chi connectivity index (χ1n) is 13.9. The Labute approximate surface area is 267 Å². The zero-order valence-corrected chi connectivity index (χ0v) is 24.6. The van der Waals surface area contributed by atoms with Crippen LogP contribution in [0.3, 0.4) is 0 Å². The smallest absolute Gasteiger partial charge is 0.478 e. The Kier molecular flexibility index (Phi) is 11.0. The minimum absolute atomic E-state index is 0.0113. The molecule has 260 valence electrons. The van der Waals surface area contributed by atoms with Gasteiger partial charge in [-0.1, -0.05) is 24.3 Å². The maximum atomic E-state index is 13.5. The summed E-state index contributed by atoms with van der Waals surface area (Å²) in [6.45, 7) is 1.89. The fourth-order valence-electron chi connectivity index (χ4n) is 5.58. The number of aromatic carboxylic acids is 1. The molecule has 1 saturated carbocycles. The molecule has 1 atom stereocenters. The van der Waals surface area contributed by atoms with Crippen molar-refractivity contribution >= 4 is 41.4 Å². The summed E-state index contributed by atoms with van der Waals surface area (Å²) in [6.07, 6.45) is -7.98. The molecule has 5 rings (SSSR count). The third-order valence-electron chi connectivity index (χ3n) is 7.80. The fourth-order valence-corrected chi connectivity index (χ4v) is 5.58. The van der Waals surface area contributed by atoms with Gasteiger partial charge in [0, 0.05) is 36.7 Å². The number of likely N-dealkylation sites (tertiary alicyclic amines) is 1. The molecule has 2 fully saturated rings. The average Bonchev–Trinajstić information content (AvgIpc) is 2.94. The number of nitrogens with one attached hydrogen (secondary N) is 2. The minimum atomic E-state index is -5.08. The van der Waals surface area contributed by atoms with Gasteiger partial charge in [0.25, 0.3) is 5.91 Å². The van der Waals surface area contributed by atoms with Crippen molar-refractivity contribution in [2.75, 3.05) is 25.0 Å². The number of carbonyl (C=O) groups is 5. The number of alkyl halides is 6. The molecule has 2 amide bonds. The second-order valence-electron chi connectivity index (χ2n) is 11.2. The van der Waals surface area contributed by atoms with Crippen molar-refractivity contribution in [3.05, 3.63) is 65.2 Å². The zero-order chi connectivity index (χ0) is 36.2. The van der Waals surface area contributed by atoms with Crippen LogP contribution in [0.5, 0.6) is 0 Å². The molecule has 7 N–H and O–H groups in total. The SMILES string of the molecule is N=C(N)N1CC2(CC(C(=O)N3CCc4ccccc4[C@H]3C(=O)Nc3ccc(C(=O)O)cc3)C2)C1.O=C(O)C(F)(F)F.O=C(O)C(F)(F)F. The van der Waals surface area contributed by atoms with Crippen LogP contribution >= 0.6 is 0 Å². The summed E-state index contributed by atoms with van der Waals surface area (Å²) in [6, 6.07) is 12.9. The maximum absolute atomic E-state index is 13.5. The summed E-state index contributed by atoms with van der Waals surface area (Å²) in [5.74, 6) is -6.94. The first kappa shape index (κ1) is 37.1. The summed E-state index contributed by atoms with van der Waals surface area (Å²) in [5, 5.41) is 33.8. The number of hydrogen-bond acceptors (Lipinski definition) is 6. The van der Waals surface area contributed by atoms with E-state index in [0.29, 0.717) is 31.7 Å². The number of amides is 2. The summed E-state index contributed by atoms with van der Waals surface area (Å²) >= 11 is 0.